The summed E-state index contributed by atoms with van der Waals surface area (Å²) in [7, 11) is 0. The number of hydrogen-bond donors (Lipinski definition) is 0. The highest BCUT2D eigenvalue weighted by molar-refractivity contribution is 7.22. The first-order valence-corrected chi connectivity index (χ1v) is 9.27. The summed E-state index contributed by atoms with van der Waals surface area (Å²) in [5, 5.41) is 0.663. The first-order chi connectivity index (χ1) is 12.2. The highest BCUT2D eigenvalue weighted by atomic mass is 32.1. The van der Waals surface area contributed by atoms with E-state index in [0.717, 1.165) is 29.7 Å². The summed E-state index contributed by atoms with van der Waals surface area (Å²) in [5.41, 5.74) is 2.07. The predicted octanol–water partition coefficient (Wildman–Crippen LogP) is 3.00. The second-order valence-corrected chi connectivity index (χ2v) is 7.23. The Bertz CT molecular complexity index is 811. The number of carbonyl (C=O) groups excluding carboxylic acids is 1. The van der Waals surface area contributed by atoms with Crippen LogP contribution in [0.4, 0.5) is 5.13 Å². The monoisotopic (exact) mass is 360 g/mol. The van der Waals surface area contributed by atoms with Gasteiger partial charge in [0.1, 0.15) is 19.5 Å². The fourth-order valence-electron chi connectivity index (χ4n) is 2.99. The number of benzene rings is 1. The lowest BCUT2D eigenvalue weighted by Crippen LogP contribution is -2.39. The van der Waals surface area contributed by atoms with Crippen molar-refractivity contribution in [3.63, 3.8) is 0 Å². The molecule has 1 aromatic carbocycles. The SMILES string of the molecule is Cc1ccc2nc(N(CC3CCCO3)C(=O)C3=COCCO3)sc2c1. The van der Waals surface area contributed by atoms with Crippen LogP contribution < -0.4 is 4.90 Å². The van der Waals surface area contributed by atoms with Crippen LogP contribution in [0.1, 0.15) is 18.4 Å². The van der Waals surface area contributed by atoms with Gasteiger partial charge in [0.15, 0.2) is 5.13 Å². The molecule has 7 heteroatoms. The van der Waals surface area contributed by atoms with Gasteiger partial charge < -0.3 is 14.2 Å². The van der Waals surface area contributed by atoms with E-state index < -0.39 is 0 Å². The van der Waals surface area contributed by atoms with Crippen LogP contribution in [0, 0.1) is 6.92 Å². The molecule has 1 aromatic heterocycles. The molecule has 0 spiro atoms. The van der Waals surface area contributed by atoms with Gasteiger partial charge in [-0.1, -0.05) is 17.4 Å². The van der Waals surface area contributed by atoms with E-state index in [1.54, 1.807) is 4.90 Å². The zero-order valence-corrected chi connectivity index (χ0v) is 14.9. The van der Waals surface area contributed by atoms with Crippen LogP contribution in [0.5, 0.6) is 0 Å². The van der Waals surface area contributed by atoms with E-state index >= 15 is 0 Å². The van der Waals surface area contributed by atoms with Crippen molar-refractivity contribution in [1.82, 2.24) is 4.98 Å². The normalized spacial score (nSPS) is 20.0. The van der Waals surface area contributed by atoms with Crippen LogP contribution in [0.2, 0.25) is 0 Å². The molecule has 1 amide bonds. The second kappa shape index (κ2) is 7.01. The van der Waals surface area contributed by atoms with Crippen LogP contribution >= 0.6 is 11.3 Å². The smallest absolute Gasteiger partial charge is 0.298 e. The third kappa shape index (κ3) is 3.48. The molecule has 1 saturated heterocycles. The highest BCUT2D eigenvalue weighted by Gasteiger charge is 2.30. The molecule has 1 unspecified atom stereocenters. The first-order valence-electron chi connectivity index (χ1n) is 8.46. The number of aromatic nitrogens is 1. The molecule has 2 aromatic rings. The summed E-state index contributed by atoms with van der Waals surface area (Å²) in [5.74, 6) is -0.00865. The quantitative estimate of drug-likeness (QED) is 0.839. The molecule has 25 heavy (non-hydrogen) atoms. The Morgan fingerprint density at radius 2 is 2.28 bits per heavy atom. The van der Waals surface area contributed by atoms with Crippen molar-refractivity contribution in [2.75, 3.05) is 31.3 Å². The number of thiazole rings is 1. The number of fused-ring (bicyclic) bond motifs is 1. The van der Waals surface area contributed by atoms with E-state index in [0.29, 0.717) is 24.9 Å². The van der Waals surface area contributed by atoms with Crippen LogP contribution in [0.25, 0.3) is 10.2 Å². The van der Waals surface area contributed by atoms with Crippen molar-refractivity contribution in [2.45, 2.75) is 25.9 Å². The average Bonchev–Trinajstić information content (AvgIpc) is 3.28. The van der Waals surface area contributed by atoms with Gasteiger partial charge in [0.05, 0.1) is 22.9 Å². The van der Waals surface area contributed by atoms with Gasteiger partial charge in [-0.15, -0.1) is 0 Å². The number of rotatable bonds is 4. The number of amides is 1. The first kappa shape index (κ1) is 16.4. The van der Waals surface area contributed by atoms with E-state index in [1.807, 2.05) is 19.1 Å². The van der Waals surface area contributed by atoms with Crippen LogP contribution in [-0.4, -0.2) is 43.4 Å². The van der Waals surface area contributed by atoms with E-state index in [2.05, 4.69) is 11.1 Å². The molecule has 0 N–H and O–H groups in total. The Morgan fingerprint density at radius 3 is 3.04 bits per heavy atom. The third-order valence-corrected chi connectivity index (χ3v) is 5.32. The summed E-state index contributed by atoms with van der Waals surface area (Å²) in [4.78, 5) is 19.3. The maximum atomic E-state index is 13.0. The average molecular weight is 360 g/mol. The van der Waals surface area contributed by atoms with Gasteiger partial charge in [0, 0.05) is 6.61 Å². The van der Waals surface area contributed by atoms with Crippen molar-refractivity contribution in [2.24, 2.45) is 0 Å². The lowest BCUT2D eigenvalue weighted by Gasteiger charge is -2.25. The van der Waals surface area contributed by atoms with Crippen molar-refractivity contribution >= 4 is 32.6 Å². The molecule has 0 saturated carbocycles. The second-order valence-electron chi connectivity index (χ2n) is 6.22. The van der Waals surface area contributed by atoms with Crippen molar-refractivity contribution in [3.8, 4) is 0 Å². The maximum Gasteiger partial charge on any atom is 0.298 e. The van der Waals surface area contributed by atoms with Gasteiger partial charge in [0.2, 0.25) is 5.76 Å². The van der Waals surface area contributed by atoms with Gasteiger partial charge in [-0.3, -0.25) is 9.69 Å². The van der Waals surface area contributed by atoms with E-state index in [4.69, 9.17) is 14.2 Å². The Balaban J connectivity index is 1.67. The molecule has 4 rings (SSSR count). The van der Waals surface area contributed by atoms with E-state index in [-0.39, 0.29) is 17.8 Å². The minimum Gasteiger partial charge on any atom is -0.494 e. The van der Waals surface area contributed by atoms with Crippen LogP contribution in [0.3, 0.4) is 0 Å². The third-order valence-electron chi connectivity index (χ3n) is 4.28. The number of hydrogen-bond acceptors (Lipinski definition) is 6. The van der Waals surface area contributed by atoms with Crippen molar-refractivity contribution in [3.05, 3.63) is 35.8 Å². The fraction of sp³-hybridized carbons (Fsp3) is 0.444. The van der Waals surface area contributed by atoms with Crippen LogP contribution in [-0.2, 0) is 19.0 Å². The molecule has 1 atom stereocenters. The number of anilines is 1. The highest BCUT2D eigenvalue weighted by Crippen LogP contribution is 2.31. The molecule has 132 valence electrons. The Kier molecular flexibility index (Phi) is 4.59. The van der Waals surface area contributed by atoms with Gasteiger partial charge in [0.25, 0.3) is 5.91 Å². The van der Waals surface area contributed by atoms with Gasteiger partial charge in [-0.05, 0) is 37.5 Å². The standard InChI is InChI=1S/C18H20N2O4S/c1-12-4-5-14-16(9-12)25-18(19-14)20(10-13-3-2-6-23-13)17(21)15-11-22-7-8-24-15/h4-5,9,11,13H,2-3,6-8,10H2,1H3. The zero-order valence-electron chi connectivity index (χ0n) is 14.1. The lowest BCUT2D eigenvalue weighted by molar-refractivity contribution is -0.120. The maximum absolute atomic E-state index is 13.0. The molecule has 0 aliphatic carbocycles. The minimum absolute atomic E-state index is 0.0304. The summed E-state index contributed by atoms with van der Waals surface area (Å²) in [6.45, 7) is 4.10. The van der Waals surface area contributed by atoms with Gasteiger partial charge in [-0.25, -0.2) is 4.98 Å². The number of aryl methyl sites for hydroxylation is 1. The zero-order chi connectivity index (χ0) is 17.2. The molecule has 0 bridgehead atoms. The molecular weight excluding hydrogens is 340 g/mol. The van der Waals surface area contributed by atoms with E-state index in [1.165, 1.54) is 23.2 Å². The number of ether oxygens (including phenoxy) is 3. The summed E-state index contributed by atoms with van der Waals surface area (Å²) in [6, 6.07) is 6.10. The molecule has 2 aliphatic heterocycles. The summed E-state index contributed by atoms with van der Waals surface area (Å²) < 4.78 is 17.5. The minimum atomic E-state index is -0.231. The van der Waals surface area contributed by atoms with Crippen molar-refractivity contribution in [1.29, 1.82) is 0 Å². The number of carbonyl (C=O) groups is 1. The fourth-order valence-corrected chi connectivity index (χ4v) is 4.06. The van der Waals surface area contributed by atoms with E-state index in [9.17, 15) is 4.79 Å². The lowest BCUT2D eigenvalue weighted by atomic mass is 10.2. The Labute approximate surface area is 150 Å². The molecular formula is C18H20N2O4S. The predicted molar refractivity (Wildman–Crippen MR) is 95.7 cm³/mol. The summed E-state index contributed by atoms with van der Waals surface area (Å²) in [6.07, 6.45) is 3.40. The largest absolute Gasteiger partial charge is 0.494 e. The topological polar surface area (TPSA) is 60.9 Å². The van der Waals surface area contributed by atoms with Gasteiger partial charge >= 0.3 is 0 Å². The molecule has 2 aliphatic rings. The molecule has 1 fully saturated rings. The number of nitrogens with zero attached hydrogens (tertiary/aromatic N) is 2. The van der Waals surface area contributed by atoms with Crippen molar-refractivity contribution < 1.29 is 19.0 Å². The summed E-state index contributed by atoms with van der Waals surface area (Å²) >= 11 is 1.51. The Hall–Kier alpha value is -2.12. The Morgan fingerprint density at radius 1 is 1.36 bits per heavy atom. The van der Waals surface area contributed by atoms with Crippen LogP contribution in [0.15, 0.2) is 30.2 Å². The molecule has 0 radical (unpaired) electrons. The van der Waals surface area contributed by atoms with Gasteiger partial charge in [-0.2, -0.15) is 0 Å². The molecule has 6 nitrogen and oxygen atoms in total. The molecule has 3 heterocycles.